The predicted octanol–water partition coefficient (Wildman–Crippen LogP) is 4.01. The summed E-state index contributed by atoms with van der Waals surface area (Å²) in [5.74, 6) is -2.29. The van der Waals surface area contributed by atoms with Crippen LogP contribution < -0.4 is 5.32 Å². The summed E-state index contributed by atoms with van der Waals surface area (Å²) in [5, 5.41) is 11.8. The number of aliphatic carboxylic acids is 1. The SMILES string of the molecule is C[C@@]1(C(=O)O)CCCN1C(=O)C(CC(F)F)NC(=O)OCC1c2ccccc2-c2ccccc21. The Morgan fingerprint density at radius 1 is 1.12 bits per heavy atom. The number of alkyl halides is 2. The Balaban J connectivity index is 1.46. The number of rotatable bonds is 7. The Labute approximate surface area is 195 Å². The molecule has 2 amide bonds. The molecule has 2 atom stereocenters. The van der Waals surface area contributed by atoms with E-state index in [1.807, 2.05) is 48.5 Å². The number of carbonyl (C=O) groups is 3. The maximum Gasteiger partial charge on any atom is 0.407 e. The molecule has 2 aromatic carbocycles. The molecule has 4 rings (SSSR count). The van der Waals surface area contributed by atoms with Gasteiger partial charge in [-0.05, 0) is 42.0 Å². The molecule has 2 aromatic rings. The van der Waals surface area contributed by atoms with Crippen molar-refractivity contribution in [3.8, 4) is 11.1 Å². The van der Waals surface area contributed by atoms with Gasteiger partial charge in [0.1, 0.15) is 18.2 Å². The second kappa shape index (κ2) is 9.40. The van der Waals surface area contributed by atoms with Crippen LogP contribution in [0, 0.1) is 0 Å². The highest BCUT2D eigenvalue weighted by atomic mass is 19.3. The van der Waals surface area contributed by atoms with E-state index < -0.39 is 42.4 Å². The van der Waals surface area contributed by atoms with E-state index in [2.05, 4.69) is 5.32 Å². The normalized spacial score (nSPS) is 20.1. The topological polar surface area (TPSA) is 95.9 Å². The smallest absolute Gasteiger partial charge is 0.407 e. The first-order chi connectivity index (χ1) is 16.2. The van der Waals surface area contributed by atoms with Crippen LogP contribution in [0.5, 0.6) is 0 Å². The summed E-state index contributed by atoms with van der Waals surface area (Å²) in [6, 6.07) is 13.9. The van der Waals surface area contributed by atoms with Crippen LogP contribution >= 0.6 is 0 Å². The van der Waals surface area contributed by atoms with Crippen LogP contribution in [0.25, 0.3) is 11.1 Å². The zero-order valence-electron chi connectivity index (χ0n) is 18.7. The zero-order chi connectivity index (χ0) is 24.5. The van der Waals surface area contributed by atoms with E-state index in [1.54, 1.807) is 0 Å². The first-order valence-corrected chi connectivity index (χ1v) is 11.2. The van der Waals surface area contributed by atoms with E-state index in [0.29, 0.717) is 6.42 Å². The Kier molecular flexibility index (Phi) is 6.54. The standard InChI is InChI=1S/C25H26F2N2O5/c1-25(23(31)32)11-6-12-29(25)22(30)20(13-21(26)27)28-24(33)34-14-19-17-9-4-2-7-15(17)16-8-3-5-10-18(16)19/h2-5,7-10,19-21H,6,11-14H2,1H3,(H,28,33)(H,31,32)/t20?,25-/m0/s1. The van der Waals surface area contributed by atoms with Gasteiger partial charge in [0.25, 0.3) is 0 Å². The molecule has 1 heterocycles. The Morgan fingerprint density at radius 2 is 1.71 bits per heavy atom. The molecule has 9 heteroatoms. The lowest BCUT2D eigenvalue weighted by Crippen LogP contribution is -2.57. The molecule has 0 spiro atoms. The highest BCUT2D eigenvalue weighted by molar-refractivity contribution is 5.91. The van der Waals surface area contributed by atoms with Crippen LogP contribution in [-0.2, 0) is 14.3 Å². The number of likely N-dealkylation sites (tertiary alicyclic amines) is 1. The lowest BCUT2D eigenvalue weighted by molar-refractivity contribution is -0.156. The van der Waals surface area contributed by atoms with E-state index >= 15 is 0 Å². The summed E-state index contributed by atoms with van der Waals surface area (Å²) in [7, 11) is 0. The molecule has 1 saturated heterocycles. The van der Waals surface area contributed by atoms with Crippen LogP contribution in [0.4, 0.5) is 13.6 Å². The molecule has 1 aliphatic heterocycles. The van der Waals surface area contributed by atoms with Gasteiger partial charge in [-0.25, -0.2) is 18.4 Å². The van der Waals surface area contributed by atoms with E-state index in [1.165, 1.54) is 6.92 Å². The maximum atomic E-state index is 13.2. The number of hydrogen-bond acceptors (Lipinski definition) is 4. The van der Waals surface area contributed by atoms with Gasteiger partial charge in [0.05, 0.1) is 0 Å². The van der Waals surface area contributed by atoms with Gasteiger partial charge in [-0.1, -0.05) is 48.5 Å². The first-order valence-electron chi connectivity index (χ1n) is 11.2. The third-order valence-corrected chi connectivity index (χ3v) is 6.72. The number of fused-ring (bicyclic) bond motifs is 3. The largest absolute Gasteiger partial charge is 0.480 e. The van der Waals surface area contributed by atoms with Gasteiger partial charge in [0.15, 0.2) is 0 Å². The third-order valence-electron chi connectivity index (χ3n) is 6.72. The van der Waals surface area contributed by atoms with Crippen LogP contribution in [0.2, 0.25) is 0 Å². The fourth-order valence-corrected chi connectivity index (χ4v) is 4.91. The number of carboxylic acids is 1. The molecular formula is C25H26F2N2O5. The van der Waals surface area contributed by atoms with Gasteiger partial charge in [0.2, 0.25) is 12.3 Å². The fourth-order valence-electron chi connectivity index (χ4n) is 4.91. The van der Waals surface area contributed by atoms with Gasteiger partial charge < -0.3 is 20.1 Å². The van der Waals surface area contributed by atoms with Crippen LogP contribution in [-0.4, -0.2) is 59.1 Å². The van der Waals surface area contributed by atoms with E-state index in [9.17, 15) is 28.3 Å². The van der Waals surface area contributed by atoms with E-state index in [4.69, 9.17) is 4.74 Å². The third kappa shape index (κ3) is 4.34. The minimum atomic E-state index is -2.87. The molecular weight excluding hydrogens is 446 g/mol. The van der Waals surface area contributed by atoms with Crippen molar-refractivity contribution in [2.75, 3.05) is 13.2 Å². The number of hydrogen-bond donors (Lipinski definition) is 2. The van der Waals surface area contributed by atoms with E-state index in [0.717, 1.165) is 27.2 Å². The number of halogens is 2. The molecule has 2 aliphatic rings. The van der Waals surface area contributed by atoms with Crippen molar-refractivity contribution >= 4 is 18.0 Å². The molecule has 1 fully saturated rings. The van der Waals surface area contributed by atoms with Crippen molar-refractivity contribution in [2.24, 2.45) is 0 Å². The van der Waals surface area contributed by atoms with E-state index in [-0.39, 0.29) is 25.5 Å². The van der Waals surface area contributed by atoms with Crippen LogP contribution in [0.3, 0.4) is 0 Å². The summed E-state index contributed by atoms with van der Waals surface area (Å²) < 4.78 is 31.8. The molecule has 7 nitrogen and oxygen atoms in total. The van der Waals surface area contributed by atoms with Crippen molar-refractivity contribution in [2.45, 2.75) is 50.1 Å². The van der Waals surface area contributed by atoms with Gasteiger partial charge in [-0.3, -0.25) is 4.79 Å². The van der Waals surface area contributed by atoms with Crippen molar-refractivity contribution in [3.05, 3.63) is 59.7 Å². The van der Waals surface area contributed by atoms with Crippen LogP contribution in [0.15, 0.2) is 48.5 Å². The molecule has 1 unspecified atom stereocenters. The van der Waals surface area contributed by atoms with Crippen molar-refractivity contribution in [3.63, 3.8) is 0 Å². The predicted molar refractivity (Wildman–Crippen MR) is 120 cm³/mol. The van der Waals surface area contributed by atoms with Crippen molar-refractivity contribution < 1.29 is 33.0 Å². The van der Waals surface area contributed by atoms with Crippen LogP contribution in [0.1, 0.15) is 43.2 Å². The van der Waals surface area contributed by atoms with Gasteiger partial charge in [-0.15, -0.1) is 0 Å². The number of benzene rings is 2. The molecule has 0 bridgehead atoms. The second-order valence-corrected chi connectivity index (χ2v) is 8.82. The molecule has 0 aromatic heterocycles. The number of carbonyl (C=O) groups excluding carboxylic acids is 2. The summed E-state index contributed by atoms with van der Waals surface area (Å²) in [6.45, 7) is 1.46. The summed E-state index contributed by atoms with van der Waals surface area (Å²) in [6.07, 6.45) is -4.17. The molecule has 180 valence electrons. The number of carboxylic acid groups (broad SMARTS) is 1. The maximum absolute atomic E-state index is 13.2. The summed E-state index contributed by atoms with van der Waals surface area (Å²) in [4.78, 5) is 38.3. The number of nitrogens with zero attached hydrogens (tertiary/aromatic N) is 1. The van der Waals surface area contributed by atoms with Gasteiger partial charge >= 0.3 is 12.1 Å². The fraction of sp³-hybridized carbons (Fsp3) is 0.400. The Hall–Kier alpha value is -3.49. The first kappa shape index (κ1) is 23.7. The molecule has 2 N–H and O–H groups in total. The molecule has 0 saturated carbocycles. The lowest BCUT2D eigenvalue weighted by atomic mass is 9.98. The summed E-state index contributed by atoms with van der Waals surface area (Å²) >= 11 is 0. The number of nitrogens with one attached hydrogen (secondary N) is 1. The highest BCUT2D eigenvalue weighted by Gasteiger charge is 2.48. The van der Waals surface area contributed by atoms with Crippen molar-refractivity contribution in [1.29, 1.82) is 0 Å². The molecule has 1 aliphatic carbocycles. The molecule has 0 radical (unpaired) electrons. The lowest BCUT2D eigenvalue weighted by Gasteiger charge is -2.34. The summed E-state index contributed by atoms with van der Waals surface area (Å²) in [5.41, 5.74) is 2.57. The van der Waals surface area contributed by atoms with Gasteiger partial charge in [0, 0.05) is 18.9 Å². The minimum absolute atomic E-state index is 0.0357. The monoisotopic (exact) mass is 472 g/mol. The quantitative estimate of drug-likeness (QED) is 0.635. The Morgan fingerprint density at radius 3 is 2.26 bits per heavy atom. The number of alkyl carbamates (subject to hydrolysis) is 1. The number of ether oxygens (including phenoxy) is 1. The average molecular weight is 472 g/mol. The minimum Gasteiger partial charge on any atom is -0.480 e. The number of amides is 2. The second-order valence-electron chi connectivity index (χ2n) is 8.82. The van der Waals surface area contributed by atoms with Gasteiger partial charge in [-0.2, -0.15) is 0 Å². The average Bonchev–Trinajstić information content (AvgIpc) is 3.35. The highest BCUT2D eigenvalue weighted by Crippen LogP contribution is 2.44. The van der Waals surface area contributed by atoms with Crippen molar-refractivity contribution in [1.82, 2.24) is 10.2 Å². The Bertz CT molecular complexity index is 1060. The molecule has 34 heavy (non-hydrogen) atoms. The zero-order valence-corrected chi connectivity index (χ0v) is 18.7.